The van der Waals surface area contributed by atoms with Gasteiger partial charge >= 0.3 is 0 Å². The zero-order chi connectivity index (χ0) is 20.3. The Morgan fingerprint density at radius 1 is 1.14 bits per heavy atom. The first-order valence-corrected chi connectivity index (χ1v) is 10.6. The Hall–Kier alpha value is -2.71. The van der Waals surface area contributed by atoms with Crippen LogP contribution in [-0.2, 0) is 19.6 Å². The summed E-state index contributed by atoms with van der Waals surface area (Å²) in [5.41, 5.74) is 2.29. The van der Waals surface area contributed by atoms with Crippen molar-refractivity contribution in [2.24, 2.45) is 5.92 Å². The fourth-order valence-corrected chi connectivity index (χ4v) is 4.26. The molecule has 0 aromatic heterocycles. The molecular weight excluding hydrogens is 378 g/mol. The van der Waals surface area contributed by atoms with E-state index in [-0.39, 0.29) is 23.1 Å². The van der Waals surface area contributed by atoms with Crippen LogP contribution in [0.1, 0.15) is 18.9 Å². The van der Waals surface area contributed by atoms with E-state index in [4.69, 9.17) is 0 Å². The molecule has 1 aliphatic rings. The number of sulfonamides is 1. The molecule has 1 saturated heterocycles. The number of aryl methyl sites for hydroxylation is 1. The quantitative estimate of drug-likeness (QED) is 0.776. The molecule has 0 bridgehead atoms. The van der Waals surface area contributed by atoms with Gasteiger partial charge in [0.1, 0.15) is 0 Å². The molecule has 8 heteroatoms. The van der Waals surface area contributed by atoms with Gasteiger partial charge in [-0.15, -0.1) is 0 Å². The second-order valence-electron chi connectivity index (χ2n) is 6.71. The Morgan fingerprint density at radius 3 is 2.46 bits per heavy atom. The van der Waals surface area contributed by atoms with Gasteiger partial charge in [-0.1, -0.05) is 25.1 Å². The number of anilines is 2. The van der Waals surface area contributed by atoms with Gasteiger partial charge in [-0.2, -0.15) is 0 Å². The van der Waals surface area contributed by atoms with Gasteiger partial charge in [0.15, 0.2) is 0 Å². The molecule has 0 aliphatic carbocycles. The monoisotopic (exact) mass is 401 g/mol. The summed E-state index contributed by atoms with van der Waals surface area (Å²) in [4.78, 5) is 26.7. The number of para-hydroxylation sites is 1. The molecule has 2 N–H and O–H groups in total. The standard InChI is InChI=1S/C20H23N3O4S/c1-3-21-28(26,27)17-10-8-16(9-11-17)22-20(25)15-12-19(24)23(13-15)18-7-5-4-6-14(18)2/h4-11,15,21H,3,12-13H2,1-2H3,(H,22,25)/t15-/m0/s1. The van der Waals surface area contributed by atoms with E-state index in [0.717, 1.165) is 11.3 Å². The maximum atomic E-state index is 12.6. The number of carbonyl (C=O) groups is 2. The molecule has 1 heterocycles. The van der Waals surface area contributed by atoms with E-state index in [1.807, 2.05) is 31.2 Å². The maximum Gasteiger partial charge on any atom is 0.240 e. The van der Waals surface area contributed by atoms with Crippen LogP contribution in [0, 0.1) is 12.8 Å². The van der Waals surface area contributed by atoms with Crippen LogP contribution in [0.15, 0.2) is 53.4 Å². The van der Waals surface area contributed by atoms with Crippen molar-refractivity contribution in [3.63, 3.8) is 0 Å². The van der Waals surface area contributed by atoms with E-state index in [1.54, 1.807) is 11.8 Å². The number of amides is 2. The van der Waals surface area contributed by atoms with E-state index >= 15 is 0 Å². The minimum Gasteiger partial charge on any atom is -0.326 e. The van der Waals surface area contributed by atoms with E-state index in [0.29, 0.717) is 18.8 Å². The van der Waals surface area contributed by atoms with Gasteiger partial charge in [-0.25, -0.2) is 13.1 Å². The zero-order valence-electron chi connectivity index (χ0n) is 15.8. The predicted octanol–water partition coefficient (Wildman–Crippen LogP) is 2.28. The second kappa shape index (κ2) is 8.12. The summed E-state index contributed by atoms with van der Waals surface area (Å²) in [6, 6.07) is 13.5. The molecule has 1 atom stereocenters. The molecule has 148 valence electrons. The Labute approximate surface area is 164 Å². The van der Waals surface area contributed by atoms with Crippen LogP contribution in [0.5, 0.6) is 0 Å². The maximum absolute atomic E-state index is 12.6. The highest BCUT2D eigenvalue weighted by molar-refractivity contribution is 7.89. The predicted molar refractivity (Wildman–Crippen MR) is 108 cm³/mol. The van der Waals surface area contributed by atoms with Crippen LogP contribution in [0.4, 0.5) is 11.4 Å². The van der Waals surface area contributed by atoms with Gasteiger partial charge in [0.25, 0.3) is 0 Å². The molecule has 28 heavy (non-hydrogen) atoms. The van der Waals surface area contributed by atoms with Crippen molar-refractivity contribution in [3.05, 3.63) is 54.1 Å². The van der Waals surface area contributed by atoms with Crippen molar-refractivity contribution < 1.29 is 18.0 Å². The normalized spacial score (nSPS) is 17.0. The van der Waals surface area contributed by atoms with Gasteiger partial charge in [0.05, 0.1) is 10.8 Å². The third-order valence-corrected chi connectivity index (χ3v) is 6.23. The minimum atomic E-state index is -3.53. The van der Waals surface area contributed by atoms with Crippen molar-refractivity contribution in [2.45, 2.75) is 25.2 Å². The molecule has 1 aliphatic heterocycles. The third-order valence-electron chi connectivity index (χ3n) is 4.67. The number of nitrogens with one attached hydrogen (secondary N) is 2. The van der Waals surface area contributed by atoms with Gasteiger partial charge in [-0.3, -0.25) is 9.59 Å². The highest BCUT2D eigenvalue weighted by Crippen LogP contribution is 2.28. The van der Waals surface area contributed by atoms with E-state index in [2.05, 4.69) is 10.0 Å². The number of rotatable bonds is 6. The SMILES string of the molecule is CCNS(=O)(=O)c1ccc(NC(=O)[C@H]2CC(=O)N(c3ccccc3C)C2)cc1. The third kappa shape index (κ3) is 4.23. The summed E-state index contributed by atoms with van der Waals surface area (Å²) >= 11 is 0. The molecule has 0 unspecified atom stereocenters. The average Bonchev–Trinajstić information content (AvgIpc) is 3.04. The molecule has 0 radical (unpaired) electrons. The molecule has 0 spiro atoms. The summed E-state index contributed by atoms with van der Waals surface area (Å²) in [6.45, 7) is 4.25. The molecule has 0 saturated carbocycles. The number of hydrogen-bond acceptors (Lipinski definition) is 4. The molecule has 7 nitrogen and oxygen atoms in total. The average molecular weight is 401 g/mol. The minimum absolute atomic E-state index is 0.0819. The molecule has 2 amide bonds. The van der Waals surface area contributed by atoms with Gasteiger partial charge < -0.3 is 10.2 Å². The van der Waals surface area contributed by atoms with Gasteiger partial charge in [0.2, 0.25) is 21.8 Å². The van der Waals surface area contributed by atoms with Crippen molar-refractivity contribution in [2.75, 3.05) is 23.3 Å². The number of nitrogens with zero attached hydrogens (tertiary/aromatic N) is 1. The lowest BCUT2D eigenvalue weighted by atomic mass is 10.1. The topological polar surface area (TPSA) is 95.6 Å². The first-order chi connectivity index (χ1) is 13.3. The highest BCUT2D eigenvalue weighted by Gasteiger charge is 2.35. The van der Waals surface area contributed by atoms with Crippen LogP contribution in [0.3, 0.4) is 0 Å². The van der Waals surface area contributed by atoms with Crippen LogP contribution in [-0.4, -0.2) is 33.3 Å². The Bertz CT molecular complexity index is 987. The molecule has 2 aromatic rings. The van der Waals surface area contributed by atoms with Crippen LogP contribution in [0.25, 0.3) is 0 Å². The molecule has 1 fully saturated rings. The first kappa shape index (κ1) is 20.0. The van der Waals surface area contributed by atoms with Crippen molar-refractivity contribution in [1.29, 1.82) is 0 Å². The van der Waals surface area contributed by atoms with Crippen LogP contribution < -0.4 is 14.9 Å². The van der Waals surface area contributed by atoms with E-state index < -0.39 is 15.9 Å². The second-order valence-corrected chi connectivity index (χ2v) is 8.47. The number of hydrogen-bond donors (Lipinski definition) is 2. The fraction of sp³-hybridized carbons (Fsp3) is 0.300. The Morgan fingerprint density at radius 2 is 1.82 bits per heavy atom. The van der Waals surface area contributed by atoms with E-state index in [1.165, 1.54) is 24.3 Å². The lowest BCUT2D eigenvalue weighted by molar-refractivity contribution is -0.122. The van der Waals surface area contributed by atoms with Crippen LogP contribution >= 0.6 is 0 Å². The Balaban J connectivity index is 1.67. The molecule has 3 rings (SSSR count). The highest BCUT2D eigenvalue weighted by atomic mass is 32.2. The molecular formula is C20H23N3O4S. The summed E-state index contributed by atoms with van der Waals surface area (Å²) in [7, 11) is -3.53. The first-order valence-electron chi connectivity index (χ1n) is 9.08. The summed E-state index contributed by atoms with van der Waals surface area (Å²) in [6.07, 6.45) is 0.146. The number of benzene rings is 2. The van der Waals surface area contributed by atoms with Crippen molar-refractivity contribution >= 4 is 33.2 Å². The van der Waals surface area contributed by atoms with Crippen molar-refractivity contribution in [3.8, 4) is 0 Å². The summed E-state index contributed by atoms with van der Waals surface area (Å²) in [5.74, 6) is -0.800. The van der Waals surface area contributed by atoms with Crippen molar-refractivity contribution in [1.82, 2.24) is 4.72 Å². The smallest absolute Gasteiger partial charge is 0.240 e. The van der Waals surface area contributed by atoms with E-state index in [9.17, 15) is 18.0 Å². The number of carbonyl (C=O) groups excluding carboxylic acids is 2. The Kier molecular flexibility index (Phi) is 5.81. The lowest BCUT2D eigenvalue weighted by Crippen LogP contribution is -2.28. The van der Waals surface area contributed by atoms with Gasteiger partial charge in [-0.05, 0) is 42.8 Å². The van der Waals surface area contributed by atoms with Gasteiger partial charge in [0, 0.05) is 30.9 Å². The summed E-state index contributed by atoms with van der Waals surface area (Å²) < 4.78 is 26.4. The molecule has 2 aromatic carbocycles. The summed E-state index contributed by atoms with van der Waals surface area (Å²) in [5, 5.41) is 2.77. The zero-order valence-corrected chi connectivity index (χ0v) is 16.6. The fourth-order valence-electron chi connectivity index (χ4n) is 3.22. The van der Waals surface area contributed by atoms with Crippen LogP contribution in [0.2, 0.25) is 0 Å². The largest absolute Gasteiger partial charge is 0.326 e. The lowest BCUT2D eigenvalue weighted by Gasteiger charge is -2.19.